The summed E-state index contributed by atoms with van der Waals surface area (Å²) in [6, 6.07) is 5.02. The molecule has 0 aliphatic rings. The Morgan fingerprint density at radius 2 is 2.25 bits per heavy atom. The summed E-state index contributed by atoms with van der Waals surface area (Å²) < 4.78 is 19.3. The van der Waals surface area contributed by atoms with Crippen LogP contribution in [0, 0.1) is 5.82 Å². The molecule has 2 rings (SSSR count). The first-order valence-corrected chi connectivity index (χ1v) is 7.60. The molecule has 0 fully saturated rings. The van der Waals surface area contributed by atoms with E-state index in [4.69, 9.17) is 4.74 Å². The van der Waals surface area contributed by atoms with E-state index in [9.17, 15) is 4.39 Å². The molecule has 0 aliphatic heterocycles. The van der Waals surface area contributed by atoms with Crippen LogP contribution in [0.3, 0.4) is 0 Å². The van der Waals surface area contributed by atoms with Crippen LogP contribution in [0.25, 0.3) is 0 Å². The van der Waals surface area contributed by atoms with Gasteiger partial charge < -0.3 is 10.1 Å². The Labute approximate surface area is 122 Å². The van der Waals surface area contributed by atoms with Crippen LogP contribution in [0.2, 0.25) is 0 Å². The normalized spacial score (nSPS) is 10.8. The zero-order valence-corrected chi connectivity index (χ0v) is 12.6. The summed E-state index contributed by atoms with van der Waals surface area (Å²) in [6.07, 6.45) is 2.06. The van der Waals surface area contributed by atoms with E-state index >= 15 is 0 Å². The van der Waals surface area contributed by atoms with Crippen LogP contribution in [0.4, 0.5) is 4.39 Å². The van der Waals surface area contributed by atoms with Crippen molar-refractivity contribution in [3.8, 4) is 5.75 Å². The molecule has 0 bridgehead atoms. The Hall–Kier alpha value is -1.46. The first kappa shape index (κ1) is 14.9. The number of hydrogen-bond donors (Lipinski definition) is 1. The number of rotatable bonds is 7. The van der Waals surface area contributed by atoms with Gasteiger partial charge in [-0.15, -0.1) is 11.3 Å². The Morgan fingerprint density at radius 3 is 2.95 bits per heavy atom. The number of nitrogens with one attached hydrogen (secondary N) is 1. The van der Waals surface area contributed by atoms with Crippen LogP contribution in [-0.2, 0) is 19.6 Å². The van der Waals surface area contributed by atoms with Gasteiger partial charge in [0.05, 0.1) is 10.7 Å². The van der Waals surface area contributed by atoms with Crippen molar-refractivity contribution in [2.75, 3.05) is 7.05 Å². The summed E-state index contributed by atoms with van der Waals surface area (Å²) in [5.74, 6) is -0.0587. The minimum atomic E-state index is -0.332. The summed E-state index contributed by atoms with van der Waals surface area (Å²) in [5.41, 5.74) is 1.76. The smallest absolute Gasteiger partial charge is 0.165 e. The van der Waals surface area contributed by atoms with Crippen molar-refractivity contribution in [2.45, 2.75) is 32.9 Å². The summed E-state index contributed by atoms with van der Waals surface area (Å²) in [6.45, 7) is 3.08. The minimum absolute atomic E-state index is 0.273. The van der Waals surface area contributed by atoms with Gasteiger partial charge in [0, 0.05) is 11.9 Å². The highest BCUT2D eigenvalue weighted by Gasteiger charge is 2.07. The van der Waals surface area contributed by atoms with E-state index in [2.05, 4.69) is 17.2 Å². The van der Waals surface area contributed by atoms with Gasteiger partial charge in [-0.3, -0.25) is 0 Å². The Kier molecular flexibility index (Phi) is 5.49. The van der Waals surface area contributed by atoms with Gasteiger partial charge in [0.25, 0.3) is 0 Å². The van der Waals surface area contributed by atoms with E-state index < -0.39 is 0 Å². The van der Waals surface area contributed by atoms with E-state index in [-0.39, 0.29) is 11.6 Å². The number of nitrogens with zero attached hydrogens (tertiary/aromatic N) is 1. The van der Waals surface area contributed by atoms with E-state index in [1.165, 1.54) is 6.07 Å². The van der Waals surface area contributed by atoms with Gasteiger partial charge in [0.1, 0.15) is 6.61 Å². The molecular weight excluding hydrogens is 275 g/mol. The van der Waals surface area contributed by atoms with Crippen LogP contribution in [-0.4, -0.2) is 12.0 Å². The van der Waals surface area contributed by atoms with E-state index in [0.717, 1.165) is 29.1 Å². The first-order valence-electron chi connectivity index (χ1n) is 6.72. The fourth-order valence-electron chi connectivity index (χ4n) is 1.87. The average Bonchev–Trinajstić information content (AvgIpc) is 2.86. The Morgan fingerprint density at radius 1 is 1.40 bits per heavy atom. The molecule has 0 saturated heterocycles. The maximum absolute atomic E-state index is 13.8. The lowest BCUT2D eigenvalue weighted by Crippen LogP contribution is -2.05. The second-order valence-electron chi connectivity index (χ2n) is 4.57. The zero-order chi connectivity index (χ0) is 14.4. The lowest BCUT2D eigenvalue weighted by atomic mass is 10.2. The largest absolute Gasteiger partial charge is 0.484 e. The van der Waals surface area contributed by atoms with Crippen molar-refractivity contribution in [3.05, 3.63) is 45.7 Å². The highest BCUT2D eigenvalue weighted by atomic mass is 32.1. The topological polar surface area (TPSA) is 34.1 Å². The van der Waals surface area contributed by atoms with E-state index in [0.29, 0.717) is 13.2 Å². The molecule has 3 nitrogen and oxygen atoms in total. The predicted octanol–water partition coefficient (Wildman–Crippen LogP) is 3.53. The van der Waals surface area contributed by atoms with Gasteiger partial charge in [-0.2, -0.15) is 0 Å². The van der Waals surface area contributed by atoms with Crippen LogP contribution in [0.15, 0.2) is 23.6 Å². The zero-order valence-electron chi connectivity index (χ0n) is 11.8. The summed E-state index contributed by atoms with van der Waals surface area (Å²) in [5, 5.41) is 6.06. The third kappa shape index (κ3) is 4.02. The molecule has 1 N–H and O–H groups in total. The van der Waals surface area contributed by atoms with Crippen molar-refractivity contribution in [1.29, 1.82) is 0 Å². The standard InChI is InChI=1S/C15H19FN2OS/c1-3-4-15-18-12(10-20-15)9-19-14-6-5-11(8-17-2)7-13(14)16/h5-7,10,17H,3-4,8-9H2,1-2H3. The van der Waals surface area contributed by atoms with Crippen molar-refractivity contribution in [1.82, 2.24) is 10.3 Å². The van der Waals surface area contributed by atoms with E-state index in [1.54, 1.807) is 17.4 Å². The molecule has 0 aliphatic carbocycles. The molecule has 108 valence electrons. The first-order chi connectivity index (χ1) is 9.72. The third-order valence-electron chi connectivity index (χ3n) is 2.82. The van der Waals surface area contributed by atoms with Gasteiger partial charge in [-0.05, 0) is 37.6 Å². The highest BCUT2D eigenvalue weighted by molar-refractivity contribution is 7.09. The van der Waals surface area contributed by atoms with Crippen molar-refractivity contribution >= 4 is 11.3 Å². The second kappa shape index (κ2) is 7.36. The molecule has 0 unspecified atom stereocenters. The molecule has 1 heterocycles. The fraction of sp³-hybridized carbons (Fsp3) is 0.400. The highest BCUT2D eigenvalue weighted by Crippen LogP contribution is 2.20. The third-order valence-corrected chi connectivity index (χ3v) is 3.77. The van der Waals surface area contributed by atoms with Gasteiger partial charge in [-0.25, -0.2) is 9.37 Å². The number of thiazole rings is 1. The van der Waals surface area contributed by atoms with Crippen molar-refractivity contribution < 1.29 is 9.13 Å². The predicted molar refractivity (Wildman–Crippen MR) is 79.6 cm³/mol. The van der Waals surface area contributed by atoms with Gasteiger partial charge in [0.15, 0.2) is 11.6 Å². The quantitative estimate of drug-likeness (QED) is 0.848. The molecule has 0 spiro atoms. The molecule has 1 aromatic carbocycles. The fourth-order valence-corrected chi connectivity index (χ4v) is 2.76. The van der Waals surface area contributed by atoms with Gasteiger partial charge >= 0.3 is 0 Å². The Balaban J connectivity index is 1.95. The molecule has 5 heteroatoms. The van der Waals surface area contributed by atoms with E-state index in [1.807, 2.05) is 18.5 Å². The van der Waals surface area contributed by atoms with Crippen molar-refractivity contribution in [2.24, 2.45) is 0 Å². The molecule has 20 heavy (non-hydrogen) atoms. The number of halogens is 1. The number of ether oxygens (including phenoxy) is 1. The number of aryl methyl sites for hydroxylation is 1. The second-order valence-corrected chi connectivity index (χ2v) is 5.51. The maximum Gasteiger partial charge on any atom is 0.165 e. The SMILES string of the molecule is CCCc1nc(COc2ccc(CNC)cc2F)cs1. The lowest BCUT2D eigenvalue weighted by Gasteiger charge is -2.07. The molecule has 1 aromatic heterocycles. The number of hydrogen-bond acceptors (Lipinski definition) is 4. The van der Waals surface area contributed by atoms with Crippen LogP contribution >= 0.6 is 11.3 Å². The summed E-state index contributed by atoms with van der Waals surface area (Å²) in [7, 11) is 1.83. The summed E-state index contributed by atoms with van der Waals surface area (Å²) in [4.78, 5) is 4.45. The molecule has 2 aromatic rings. The van der Waals surface area contributed by atoms with Gasteiger partial charge in [-0.1, -0.05) is 13.0 Å². The molecule has 0 saturated carbocycles. The van der Waals surface area contributed by atoms with Crippen LogP contribution < -0.4 is 10.1 Å². The monoisotopic (exact) mass is 294 g/mol. The molecular formula is C15H19FN2OS. The van der Waals surface area contributed by atoms with Gasteiger partial charge in [0.2, 0.25) is 0 Å². The molecule has 0 amide bonds. The Bertz CT molecular complexity index is 557. The molecule has 0 atom stereocenters. The average molecular weight is 294 g/mol. The van der Waals surface area contributed by atoms with Crippen molar-refractivity contribution in [3.63, 3.8) is 0 Å². The van der Waals surface area contributed by atoms with Crippen LogP contribution in [0.5, 0.6) is 5.75 Å². The number of aromatic nitrogens is 1. The number of benzene rings is 1. The summed E-state index contributed by atoms with van der Waals surface area (Å²) >= 11 is 1.63. The minimum Gasteiger partial charge on any atom is -0.484 e. The molecule has 0 radical (unpaired) electrons. The maximum atomic E-state index is 13.8. The van der Waals surface area contributed by atoms with Crippen LogP contribution in [0.1, 0.15) is 29.6 Å². The lowest BCUT2D eigenvalue weighted by molar-refractivity contribution is 0.286.